The third-order valence-electron chi connectivity index (χ3n) is 3.28. The Bertz CT molecular complexity index is 484. The highest BCUT2D eigenvalue weighted by Crippen LogP contribution is 2.27. The van der Waals surface area contributed by atoms with Crippen LogP contribution in [0, 0.1) is 13.8 Å². The van der Waals surface area contributed by atoms with Gasteiger partial charge in [0, 0.05) is 12.3 Å². The number of hydrogen-bond donors (Lipinski definition) is 2. The highest BCUT2D eigenvalue weighted by molar-refractivity contribution is 7.99. The molecule has 1 aromatic rings. The molecule has 1 aromatic heterocycles. The van der Waals surface area contributed by atoms with Crippen LogP contribution in [-0.2, 0) is 11.3 Å². The van der Waals surface area contributed by atoms with E-state index in [1.807, 2.05) is 13.8 Å². The second-order valence-electron chi connectivity index (χ2n) is 4.95. The van der Waals surface area contributed by atoms with Crippen molar-refractivity contribution in [3.05, 3.63) is 16.4 Å². The fourth-order valence-corrected chi connectivity index (χ4v) is 3.45. The molecule has 0 aromatic carbocycles. The largest absolute Gasteiger partial charge is 0.387 e. The van der Waals surface area contributed by atoms with Gasteiger partial charge in [-0.1, -0.05) is 11.6 Å². The molecule has 0 saturated carbocycles. The number of carbonyl (C=O) groups is 1. The average Bonchev–Trinajstić information content (AvgIpc) is 2.89. The monoisotopic (exact) mass is 303 g/mol. The zero-order chi connectivity index (χ0) is 14.0. The molecule has 1 atom stereocenters. The third kappa shape index (κ3) is 3.43. The molecule has 1 fully saturated rings. The van der Waals surface area contributed by atoms with Crippen LogP contribution >= 0.6 is 23.4 Å². The molecule has 1 amide bonds. The van der Waals surface area contributed by atoms with Crippen molar-refractivity contribution < 1.29 is 9.90 Å². The molecule has 2 heterocycles. The van der Waals surface area contributed by atoms with Gasteiger partial charge in [-0.2, -0.15) is 16.9 Å². The molecule has 1 unspecified atom stereocenters. The predicted octanol–water partition coefficient (Wildman–Crippen LogP) is 1.14. The highest BCUT2D eigenvalue weighted by Gasteiger charge is 2.31. The lowest BCUT2D eigenvalue weighted by Crippen LogP contribution is -2.44. The van der Waals surface area contributed by atoms with Gasteiger partial charge in [-0.3, -0.25) is 9.48 Å². The Kier molecular flexibility index (Phi) is 4.43. The van der Waals surface area contributed by atoms with Gasteiger partial charge in [0.1, 0.15) is 6.54 Å². The molecule has 1 aliphatic rings. The van der Waals surface area contributed by atoms with E-state index in [0.717, 1.165) is 23.6 Å². The van der Waals surface area contributed by atoms with Gasteiger partial charge in [-0.05, 0) is 26.0 Å². The summed E-state index contributed by atoms with van der Waals surface area (Å²) in [6.07, 6.45) is 0.726. The Labute approximate surface area is 121 Å². The van der Waals surface area contributed by atoms with E-state index in [9.17, 15) is 9.90 Å². The van der Waals surface area contributed by atoms with Gasteiger partial charge in [0.05, 0.1) is 22.0 Å². The van der Waals surface area contributed by atoms with Crippen molar-refractivity contribution in [2.24, 2.45) is 0 Å². The van der Waals surface area contributed by atoms with E-state index in [1.165, 1.54) is 0 Å². The summed E-state index contributed by atoms with van der Waals surface area (Å²) in [4.78, 5) is 11.9. The Morgan fingerprint density at radius 1 is 1.63 bits per heavy atom. The smallest absolute Gasteiger partial charge is 0.241 e. The number of nitrogens with one attached hydrogen (secondary N) is 1. The van der Waals surface area contributed by atoms with E-state index in [4.69, 9.17) is 11.6 Å². The topological polar surface area (TPSA) is 67.2 Å². The number of halogens is 1. The number of amides is 1. The molecule has 5 nitrogen and oxygen atoms in total. The number of nitrogens with zero attached hydrogens (tertiary/aromatic N) is 2. The van der Waals surface area contributed by atoms with E-state index in [-0.39, 0.29) is 12.5 Å². The van der Waals surface area contributed by atoms with Crippen LogP contribution in [0.15, 0.2) is 0 Å². The van der Waals surface area contributed by atoms with Crippen molar-refractivity contribution in [2.75, 3.05) is 18.1 Å². The quantitative estimate of drug-likeness (QED) is 0.875. The van der Waals surface area contributed by atoms with E-state index in [0.29, 0.717) is 17.3 Å². The fourth-order valence-electron chi connectivity index (χ4n) is 2.02. The molecule has 7 heteroatoms. The zero-order valence-electron chi connectivity index (χ0n) is 11.1. The molecule has 19 heavy (non-hydrogen) atoms. The van der Waals surface area contributed by atoms with Crippen LogP contribution < -0.4 is 5.32 Å². The molecule has 0 spiro atoms. The minimum Gasteiger partial charge on any atom is -0.387 e. The van der Waals surface area contributed by atoms with E-state index >= 15 is 0 Å². The van der Waals surface area contributed by atoms with E-state index in [1.54, 1.807) is 16.4 Å². The van der Waals surface area contributed by atoms with Crippen molar-refractivity contribution >= 4 is 29.3 Å². The molecule has 0 radical (unpaired) electrons. The molecule has 0 aliphatic carbocycles. The van der Waals surface area contributed by atoms with Crippen molar-refractivity contribution in [1.82, 2.24) is 15.1 Å². The summed E-state index contributed by atoms with van der Waals surface area (Å²) in [6, 6.07) is 0. The normalized spacial score (nSPS) is 22.7. The number of thioether (sulfide) groups is 1. The highest BCUT2D eigenvalue weighted by atomic mass is 35.5. The van der Waals surface area contributed by atoms with Gasteiger partial charge in [0.15, 0.2) is 0 Å². The van der Waals surface area contributed by atoms with Gasteiger partial charge >= 0.3 is 0 Å². The number of aryl methyl sites for hydroxylation is 1. The maximum Gasteiger partial charge on any atom is 0.241 e. The summed E-state index contributed by atoms with van der Waals surface area (Å²) in [7, 11) is 0. The molecule has 1 saturated heterocycles. The first-order valence-electron chi connectivity index (χ1n) is 6.18. The van der Waals surface area contributed by atoms with E-state index < -0.39 is 5.60 Å². The molecule has 2 N–H and O–H groups in total. The maximum atomic E-state index is 11.9. The summed E-state index contributed by atoms with van der Waals surface area (Å²) >= 11 is 7.73. The minimum atomic E-state index is -0.757. The molecular weight excluding hydrogens is 286 g/mol. The molecule has 2 rings (SSSR count). The Morgan fingerprint density at radius 2 is 2.37 bits per heavy atom. The molecule has 0 bridgehead atoms. The lowest BCUT2D eigenvalue weighted by atomic mass is 10.0. The van der Waals surface area contributed by atoms with Crippen LogP contribution in [-0.4, -0.2) is 44.4 Å². The van der Waals surface area contributed by atoms with Gasteiger partial charge in [-0.25, -0.2) is 0 Å². The second kappa shape index (κ2) is 5.73. The van der Waals surface area contributed by atoms with Crippen LogP contribution in [0.4, 0.5) is 0 Å². The lowest BCUT2D eigenvalue weighted by Gasteiger charge is -2.21. The van der Waals surface area contributed by atoms with Crippen LogP contribution in [0.2, 0.25) is 5.02 Å². The molecule has 1 aliphatic heterocycles. The van der Waals surface area contributed by atoms with Crippen molar-refractivity contribution in [2.45, 2.75) is 32.4 Å². The van der Waals surface area contributed by atoms with Crippen molar-refractivity contribution in [3.63, 3.8) is 0 Å². The summed E-state index contributed by atoms with van der Waals surface area (Å²) < 4.78 is 1.58. The van der Waals surface area contributed by atoms with Gasteiger partial charge < -0.3 is 10.4 Å². The standard InChI is InChI=1S/C12H18ClN3O2S/c1-8-11(13)9(2)16(15-8)5-10(17)14-6-12(18)3-4-19-7-12/h18H,3-7H2,1-2H3,(H,14,17). The SMILES string of the molecule is Cc1nn(CC(=O)NCC2(O)CCSC2)c(C)c1Cl. The molecule has 106 valence electrons. The number of aliphatic hydroxyl groups is 1. The Hall–Kier alpha value is -0.720. The van der Waals surface area contributed by atoms with Crippen LogP contribution in [0.3, 0.4) is 0 Å². The summed E-state index contributed by atoms with van der Waals surface area (Å²) in [5, 5.41) is 17.7. The first kappa shape index (κ1) is 14.7. The summed E-state index contributed by atoms with van der Waals surface area (Å²) in [5.41, 5.74) is 0.745. The lowest BCUT2D eigenvalue weighted by molar-refractivity contribution is -0.122. The fraction of sp³-hybridized carbons (Fsp3) is 0.667. The second-order valence-corrected chi connectivity index (χ2v) is 6.43. The average molecular weight is 304 g/mol. The molecular formula is C12H18ClN3O2S. The Morgan fingerprint density at radius 3 is 2.89 bits per heavy atom. The van der Waals surface area contributed by atoms with Crippen LogP contribution in [0.5, 0.6) is 0 Å². The van der Waals surface area contributed by atoms with Gasteiger partial charge in [0.25, 0.3) is 0 Å². The van der Waals surface area contributed by atoms with Crippen LogP contribution in [0.1, 0.15) is 17.8 Å². The maximum absolute atomic E-state index is 11.9. The van der Waals surface area contributed by atoms with Crippen molar-refractivity contribution in [3.8, 4) is 0 Å². The first-order valence-corrected chi connectivity index (χ1v) is 7.71. The number of rotatable bonds is 4. The predicted molar refractivity (Wildman–Crippen MR) is 76.6 cm³/mol. The summed E-state index contributed by atoms with van der Waals surface area (Å²) in [5.74, 6) is 1.46. The third-order valence-corrected chi connectivity index (χ3v) is 5.06. The van der Waals surface area contributed by atoms with Gasteiger partial charge in [-0.15, -0.1) is 0 Å². The van der Waals surface area contributed by atoms with Crippen LogP contribution in [0.25, 0.3) is 0 Å². The first-order chi connectivity index (χ1) is 8.91. The minimum absolute atomic E-state index is 0.128. The zero-order valence-corrected chi connectivity index (χ0v) is 12.6. The summed E-state index contributed by atoms with van der Waals surface area (Å²) in [6.45, 7) is 4.06. The number of carbonyl (C=O) groups excluding carboxylic acids is 1. The Balaban J connectivity index is 1.89. The van der Waals surface area contributed by atoms with Crippen molar-refractivity contribution in [1.29, 1.82) is 0 Å². The number of hydrogen-bond acceptors (Lipinski definition) is 4. The number of aromatic nitrogens is 2. The van der Waals surface area contributed by atoms with Gasteiger partial charge in [0.2, 0.25) is 5.91 Å². The van der Waals surface area contributed by atoms with E-state index in [2.05, 4.69) is 10.4 Å².